The number of carbonyl (C=O) groups excluding carboxylic acids is 4. The Morgan fingerprint density at radius 1 is 0.581 bits per heavy atom. The maximum absolute atomic E-state index is 14.7. The molecule has 4 amide bonds. The molecule has 1 aromatic rings. The van der Waals surface area contributed by atoms with Crippen molar-refractivity contribution >= 4 is 29.6 Å². The van der Waals surface area contributed by atoms with Gasteiger partial charge in [0, 0.05) is 12.4 Å². The number of rotatable bonds is 10. The van der Waals surface area contributed by atoms with E-state index in [1.807, 2.05) is 12.4 Å². The Kier molecular flexibility index (Phi) is 17.5. The van der Waals surface area contributed by atoms with Crippen molar-refractivity contribution in [2.45, 2.75) is 210 Å². The summed E-state index contributed by atoms with van der Waals surface area (Å²) in [5.74, 6) is 0.246. The van der Waals surface area contributed by atoms with E-state index in [1.165, 1.54) is 44.1 Å². The maximum atomic E-state index is 14.7. The summed E-state index contributed by atoms with van der Waals surface area (Å²) in [6.45, 7) is -0.168. The molecule has 1 aromatic heterocycles. The van der Waals surface area contributed by atoms with Gasteiger partial charge in [0.15, 0.2) is 0 Å². The van der Waals surface area contributed by atoms with Gasteiger partial charge < -0.3 is 31.1 Å². The second kappa shape index (κ2) is 23.4. The van der Waals surface area contributed by atoms with Crippen LogP contribution in [-0.4, -0.2) is 76.6 Å². The van der Waals surface area contributed by atoms with Crippen molar-refractivity contribution in [1.29, 1.82) is 0 Å². The molecule has 0 aromatic carbocycles. The molecule has 12 heteroatoms. The lowest BCUT2D eigenvalue weighted by Crippen LogP contribution is -2.58. The van der Waals surface area contributed by atoms with Crippen LogP contribution in [-0.2, 0) is 28.7 Å². The molecule has 5 N–H and O–H groups in total. The molecule has 0 radical (unpaired) electrons. The molecule has 62 heavy (non-hydrogen) atoms. The highest BCUT2D eigenvalue weighted by Crippen LogP contribution is 2.42. The molecule has 7 aliphatic rings. The van der Waals surface area contributed by atoms with Crippen molar-refractivity contribution in [1.82, 2.24) is 26.3 Å². The first-order chi connectivity index (χ1) is 30.2. The minimum atomic E-state index is -1.08. The van der Waals surface area contributed by atoms with E-state index in [4.69, 9.17) is 4.74 Å². The Morgan fingerprint density at radius 2 is 1.13 bits per heavy atom. The number of aliphatic carboxylic acids is 1. The van der Waals surface area contributed by atoms with Crippen molar-refractivity contribution in [2.24, 2.45) is 35.5 Å². The summed E-state index contributed by atoms with van der Waals surface area (Å²) >= 11 is 0. The van der Waals surface area contributed by atoms with Gasteiger partial charge in [0.25, 0.3) is 0 Å². The van der Waals surface area contributed by atoms with Crippen molar-refractivity contribution in [2.75, 3.05) is 6.61 Å². The third-order valence-corrected chi connectivity index (χ3v) is 16.3. The van der Waals surface area contributed by atoms with Crippen molar-refractivity contribution < 1.29 is 33.8 Å². The van der Waals surface area contributed by atoms with Crippen LogP contribution in [0.3, 0.4) is 0 Å². The molecule has 7 fully saturated rings. The molecule has 2 saturated heterocycles. The zero-order valence-electron chi connectivity index (χ0n) is 37.4. The number of aromatic nitrogens is 1. The van der Waals surface area contributed by atoms with E-state index in [0.29, 0.717) is 56.3 Å². The first-order valence-electron chi connectivity index (χ1n) is 25.1. The van der Waals surface area contributed by atoms with E-state index < -0.39 is 42.0 Å². The number of carboxylic acids is 1. The van der Waals surface area contributed by atoms with E-state index in [2.05, 4.69) is 38.4 Å². The highest BCUT2D eigenvalue weighted by atomic mass is 16.5. The van der Waals surface area contributed by atoms with Crippen LogP contribution in [0.4, 0.5) is 0 Å². The van der Waals surface area contributed by atoms with E-state index in [0.717, 1.165) is 102 Å². The number of pyridine rings is 1. The molecule has 3 heterocycles. The van der Waals surface area contributed by atoms with Crippen LogP contribution in [0, 0.1) is 35.5 Å². The first kappa shape index (κ1) is 46.5. The van der Waals surface area contributed by atoms with Gasteiger partial charge in [-0.3, -0.25) is 24.2 Å². The second-order valence-corrected chi connectivity index (χ2v) is 20.6. The number of nitrogens with zero attached hydrogens (tertiary/aromatic N) is 1. The molecule has 5 saturated carbocycles. The zero-order chi connectivity index (χ0) is 43.3. The highest BCUT2D eigenvalue weighted by Gasteiger charge is 2.37. The number of amides is 4. The first-order valence-corrected chi connectivity index (χ1v) is 25.1. The Balaban J connectivity index is 1.11. The smallest absolute Gasteiger partial charge is 0.326 e. The fourth-order valence-corrected chi connectivity index (χ4v) is 12.5. The third-order valence-electron chi connectivity index (χ3n) is 16.3. The molecular formula is C50H77N5O7. The number of carboxylic acid groups (broad SMARTS) is 1. The average molecular weight is 860 g/mol. The number of fused-ring (bicyclic) bond motifs is 16. The Morgan fingerprint density at radius 3 is 1.76 bits per heavy atom. The van der Waals surface area contributed by atoms with Gasteiger partial charge in [0.05, 0.1) is 6.10 Å². The van der Waals surface area contributed by atoms with Gasteiger partial charge in [-0.25, -0.2) is 4.79 Å². The van der Waals surface area contributed by atoms with Gasteiger partial charge in [-0.15, -0.1) is 0 Å². The molecule has 5 aliphatic carbocycles. The summed E-state index contributed by atoms with van der Waals surface area (Å²) < 4.78 is 6.12. The van der Waals surface area contributed by atoms with Crippen LogP contribution in [0.25, 0.3) is 0 Å². The molecule has 4 unspecified atom stereocenters. The number of hydrogen-bond donors (Lipinski definition) is 5. The predicted octanol–water partition coefficient (Wildman–Crippen LogP) is 7.89. The van der Waals surface area contributed by atoms with Crippen LogP contribution < -0.4 is 21.3 Å². The normalized spacial score (nSPS) is 34.4. The van der Waals surface area contributed by atoms with Crippen LogP contribution in [0.1, 0.15) is 185 Å². The molecule has 2 bridgehead atoms. The van der Waals surface area contributed by atoms with Gasteiger partial charge in [0.2, 0.25) is 23.6 Å². The van der Waals surface area contributed by atoms with E-state index >= 15 is 0 Å². The summed E-state index contributed by atoms with van der Waals surface area (Å²) in [7, 11) is 0. The van der Waals surface area contributed by atoms with Crippen LogP contribution in [0.2, 0.25) is 0 Å². The van der Waals surface area contributed by atoms with Gasteiger partial charge in [0.1, 0.15) is 30.8 Å². The Labute approximate surface area is 370 Å². The quantitative estimate of drug-likeness (QED) is 0.148. The molecule has 2 aliphatic heterocycles. The number of ether oxygens (including phenoxy) is 1. The van der Waals surface area contributed by atoms with Crippen LogP contribution >= 0.6 is 0 Å². The lowest BCUT2D eigenvalue weighted by molar-refractivity contribution is -0.143. The van der Waals surface area contributed by atoms with Crippen molar-refractivity contribution in [3.05, 3.63) is 30.1 Å². The minimum Gasteiger partial charge on any atom is -0.480 e. The van der Waals surface area contributed by atoms with Gasteiger partial charge in [-0.2, -0.15) is 0 Å². The van der Waals surface area contributed by atoms with Gasteiger partial charge >= 0.3 is 5.97 Å². The second-order valence-electron chi connectivity index (χ2n) is 20.6. The summed E-state index contributed by atoms with van der Waals surface area (Å²) in [6.07, 6.45) is 29.1. The van der Waals surface area contributed by atoms with E-state index in [9.17, 15) is 29.1 Å². The summed E-state index contributed by atoms with van der Waals surface area (Å²) in [5.41, 5.74) is 1.29. The van der Waals surface area contributed by atoms with Crippen LogP contribution in [0.15, 0.2) is 24.5 Å². The minimum absolute atomic E-state index is 0.0832. The monoisotopic (exact) mass is 860 g/mol. The zero-order valence-corrected chi connectivity index (χ0v) is 37.4. The Hall–Kier alpha value is -3.54. The number of nitrogens with one attached hydrogen (secondary N) is 4. The largest absolute Gasteiger partial charge is 0.480 e. The summed E-state index contributed by atoms with van der Waals surface area (Å²) in [6, 6.07) is 0.411. The highest BCUT2D eigenvalue weighted by molar-refractivity contribution is 5.95. The fraction of sp³-hybridized carbons (Fsp3) is 0.800. The molecule has 12 nitrogen and oxygen atoms in total. The van der Waals surface area contributed by atoms with E-state index in [1.54, 1.807) is 0 Å². The van der Waals surface area contributed by atoms with Crippen molar-refractivity contribution in [3.63, 3.8) is 0 Å². The van der Waals surface area contributed by atoms with Crippen LogP contribution in [0.5, 0.6) is 0 Å². The van der Waals surface area contributed by atoms with Gasteiger partial charge in [-0.05, 0) is 155 Å². The molecule has 344 valence electrons. The predicted molar refractivity (Wildman–Crippen MR) is 238 cm³/mol. The van der Waals surface area contributed by atoms with Gasteiger partial charge in [-0.1, -0.05) is 77.0 Å². The fourth-order valence-electron chi connectivity index (χ4n) is 12.5. The van der Waals surface area contributed by atoms with Crippen molar-refractivity contribution in [3.8, 4) is 0 Å². The Bertz CT molecular complexity index is 1590. The average Bonchev–Trinajstić information content (AvgIpc) is 3.30. The molecule has 8 rings (SSSR count). The molecule has 0 spiro atoms. The third kappa shape index (κ3) is 13.7. The lowest BCUT2D eigenvalue weighted by Gasteiger charge is -2.37. The lowest BCUT2D eigenvalue weighted by atomic mass is 9.70. The molecule has 4 atom stereocenters. The number of carbonyl (C=O) groups is 5. The standard InChI is InChI=1S/C50H77N5O7/c56-46-32-62-41-22-15-36(16-23-41)31-45(50(60)61)55-47(57)42(24-17-33-7-3-1-4-8-33)53-49(59)44(30-35-11-18-38(19-12-35)37-9-5-2-6-10-37)54-48(58)43(52-46)29-34-13-20-39(21-14-34)40-25-27-51-28-26-40/h25-28,33-39,41-45H,1-24,29-32H2,(H,52,56)(H,53,59)(H,54,58)(H,55,57)(H,60,61). The summed E-state index contributed by atoms with van der Waals surface area (Å²) in [5, 5.41) is 22.5. The topological polar surface area (TPSA) is 176 Å². The summed E-state index contributed by atoms with van der Waals surface area (Å²) in [4.78, 5) is 74.0. The molecular weight excluding hydrogens is 783 g/mol. The SMILES string of the molecule is O=C1COC2CCC(CC2)CC(C(=O)O)NC(=O)C(CCC2CCCCC2)NC(=O)C(CC2CCC(C3CCCCC3)CC2)NC(=O)C(CC2CCC(c3ccncc3)CC2)N1. The number of hydrogen-bond acceptors (Lipinski definition) is 7. The van der Waals surface area contributed by atoms with E-state index in [-0.39, 0.29) is 42.3 Å². The maximum Gasteiger partial charge on any atom is 0.326 e.